The van der Waals surface area contributed by atoms with Crippen molar-refractivity contribution in [1.82, 2.24) is 20.1 Å². The lowest BCUT2D eigenvalue weighted by molar-refractivity contribution is 0.493. The van der Waals surface area contributed by atoms with E-state index in [2.05, 4.69) is 41.3 Å². The summed E-state index contributed by atoms with van der Waals surface area (Å²) in [5.74, 6) is 2.03. The minimum absolute atomic E-state index is 0.349. The molecule has 0 bridgehead atoms. The quantitative estimate of drug-likeness (QED) is 0.578. The van der Waals surface area contributed by atoms with Crippen LogP contribution in [0, 0.1) is 5.92 Å². The average Bonchev–Trinajstić information content (AvgIpc) is 2.71. The van der Waals surface area contributed by atoms with Crippen LogP contribution in [0.1, 0.15) is 45.9 Å². The summed E-state index contributed by atoms with van der Waals surface area (Å²) in [7, 11) is 1.89. The maximum Gasteiger partial charge on any atom is 0.189 e. The monoisotopic (exact) mass is 266 g/mol. The van der Waals surface area contributed by atoms with Gasteiger partial charge in [-0.2, -0.15) is 0 Å². The Morgan fingerprint density at radius 3 is 2.74 bits per heavy atom. The predicted octanol–water partition coefficient (Wildman–Crippen LogP) is 1.43. The largest absolute Gasteiger partial charge is 0.370 e. The topological polar surface area (TPSA) is 81.1 Å². The Morgan fingerprint density at radius 1 is 1.42 bits per heavy atom. The van der Waals surface area contributed by atoms with Gasteiger partial charge in [0.1, 0.15) is 12.9 Å². The van der Waals surface area contributed by atoms with Crippen LogP contribution < -0.4 is 11.1 Å². The molecule has 1 aromatic heterocycles. The summed E-state index contributed by atoms with van der Waals surface area (Å²) in [6.07, 6.45) is 5.23. The molecule has 1 rings (SSSR count). The van der Waals surface area contributed by atoms with Crippen molar-refractivity contribution in [2.24, 2.45) is 23.7 Å². The molecule has 1 atom stereocenters. The highest BCUT2D eigenvalue weighted by Gasteiger charge is 2.04. The molecular formula is C13H26N6. The van der Waals surface area contributed by atoms with E-state index in [1.807, 2.05) is 11.6 Å². The smallest absolute Gasteiger partial charge is 0.189 e. The molecule has 0 saturated carbocycles. The molecule has 6 heteroatoms. The summed E-state index contributed by atoms with van der Waals surface area (Å²) in [5, 5.41) is 11.0. The summed E-state index contributed by atoms with van der Waals surface area (Å²) in [4.78, 5) is 4.27. The lowest BCUT2D eigenvalue weighted by atomic mass is 10.0. The second-order valence-corrected chi connectivity index (χ2v) is 5.43. The molecule has 108 valence electrons. The van der Waals surface area contributed by atoms with Gasteiger partial charge in [-0.15, -0.1) is 10.2 Å². The molecule has 0 saturated heterocycles. The van der Waals surface area contributed by atoms with E-state index in [-0.39, 0.29) is 0 Å². The molecule has 6 nitrogen and oxygen atoms in total. The molecule has 0 spiro atoms. The van der Waals surface area contributed by atoms with Crippen molar-refractivity contribution in [3.8, 4) is 0 Å². The second kappa shape index (κ2) is 7.76. The molecule has 1 aromatic rings. The van der Waals surface area contributed by atoms with E-state index in [1.165, 1.54) is 12.8 Å². The Bertz CT molecular complexity index is 396. The molecule has 0 amide bonds. The second-order valence-electron chi connectivity index (χ2n) is 5.43. The number of hydrogen-bond acceptors (Lipinski definition) is 3. The average molecular weight is 266 g/mol. The van der Waals surface area contributed by atoms with Crippen LogP contribution in [0.5, 0.6) is 0 Å². The minimum atomic E-state index is 0.349. The van der Waals surface area contributed by atoms with Crippen molar-refractivity contribution in [2.75, 3.05) is 0 Å². The van der Waals surface area contributed by atoms with Crippen LogP contribution in [0.4, 0.5) is 0 Å². The van der Waals surface area contributed by atoms with E-state index >= 15 is 0 Å². The van der Waals surface area contributed by atoms with Crippen molar-refractivity contribution in [3.05, 3.63) is 12.2 Å². The molecule has 0 aliphatic heterocycles. The molecule has 1 heterocycles. The Labute approximate surface area is 115 Å². The first-order valence-corrected chi connectivity index (χ1v) is 6.88. The number of hydrogen-bond donors (Lipinski definition) is 2. The van der Waals surface area contributed by atoms with Crippen LogP contribution in [-0.2, 0) is 13.6 Å². The van der Waals surface area contributed by atoms with Crippen molar-refractivity contribution in [1.29, 1.82) is 0 Å². The molecule has 0 aliphatic rings. The van der Waals surface area contributed by atoms with Gasteiger partial charge in [-0.1, -0.05) is 26.7 Å². The number of guanidine groups is 1. The fourth-order valence-corrected chi connectivity index (χ4v) is 1.81. The number of nitrogens with one attached hydrogen (secondary N) is 1. The summed E-state index contributed by atoms with van der Waals surface area (Å²) >= 11 is 0. The van der Waals surface area contributed by atoms with E-state index < -0.39 is 0 Å². The Morgan fingerprint density at radius 2 is 2.16 bits per heavy atom. The van der Waals surface area contributed by atoms with Crippen LogP contribution in [0.3, 0.4) is 0 Å². The van der Waals surface area contributed by atoms with Crippen molar-refractivity contribution < 1.29 is 0 Å². The molecule has 19 heavy (non-hydrogen) atoms. The minimum Gasteiger partial charge on any atom is -0.370 e. The Kier molecular flexibility index (Phi) is 6.32. The van der Waals surface area contributed by atoms with Gasteiger partial charge >= 0.3 is 0 Å². The van der Waals surface area contributed by atoms with Crippen LogP contribution in [0.25, 0.3) is 0 Å². The first-order valence-electron chi connectivity index (χ1n) is 6.88. The highest BCUT2D eigenvalue weighted by atomic mass is 15.3. The highest BCUT2D eigenvalue weighted by molar-refractivity contribution is 5.78. The molecule has 0 fully saturated rings. The Balaban J connectivity index is 2.29. The van der Waals surface area contributed by atoms with Crippen LogP contribution in [-0.4, -0.2) is 26.8 Å². The van der Waals surface area contributed by atoms with Gasteiger partial charge in [0.25, 0.3) is 0 Å². The zero-order valence-corrected chi connectivity index (χ0v) is 12.4. The Hall–Kier alpha value is -1.59. The number of nitrogens with two attached hydrogens (primary N) is 1. The summed E-state index contributed by atoms with van der Waals surface area (Å²) in [6, 6.07) is 0.349. The molecule has 0 aliphatic carbocycles. The highest BCUT2D eigenvalue weighted by Crippen LogP contribution is 2.08. The zero-order valence-electron chi connectivity index (χ0n) is 12.4. The molecule has 0 aromatic carbocycles. The van der Waals surface area contributed by atoms with Crippen molar-refractivity contribution in [2.45, 2.75) is 52.6 Å². The van der Waals surface area contributed by atoms with Gasteiger partial charge < -0.3 is 15.6 Å². The normalized spacial score (nSPS) is 13.8. The SMILES string of the molecule is CC(C)CCCC(C)NC(N)=NCc1nncn1C. The predicted molar refractivity (Wildman–Crippen MR) is 77.6 cm³/mol. The molecule has 0 radical (unpaired) electrons. The molecule has 3 N–H and O–H groups in total. The number of rotatable bonds is 7. The fraction of sp³-hybridized carbons (Fsp3) is 0.769. The van der Waals surface area contributed by atoms with E-state index in [0.717, 1.165) is 18.2 Å². The summed E-state index contributed by atoms with van der Waals surface area (Å²) in [5.41, 5.74) is 5.85. The van der Waals surface area contributed by atoms with Crippen molar-refractivity contribution >= 4 is 5.96 Å². The maximum atomic E-state index is 5.85. The third kappa shape index (κ3) is 6.22. The number of nitrogens with zero attached hydrogens (tertiary/aromatic N) is 4. The first-order chi connectivity index (χ1) is 8.99. The first kappa shape index (κ1) is 15.5. The van der Waals surface area contributed by atoms with Gasteiger partial charge in [-0.3, -0.25) is 0 Å². The fourth-order valence-electron chi connectivity index (χ4n) is 1.81. The zero-order chi connectivity index (χ0) is 14.3. The van der Waals surface area contributed by atoms with Gasteiger partial charge in [0.15, 0.2) is 11.8 Å². The van der Waals surface area contributed by atoms with Gasteiger partial charge in [0, 0.05) is 13.1 Å². The number of aromatic nitrogens is 3. The van der Waals surface area contributed by atoms with Gasteiger partial charge in [-0.05, 0) is 19.3 Å². The van der Waals surface area contributed by atoms with Gasteiger partial charge in [0.05, 0.1) is 0 Å². The lowest BCUT2D eigenvalue weighted by Crippen LogP contribution is -2.38. The standard InChI is InChI=1S/C13H26N6/c1-10(2)6-5-7-11(3)17-13(14)15-8-12-18-16-9-19(12)4/h9-11H,5-8H2,1-4H3,(H3,14,15,17). The van der Waals surface area contributed by atoms with E-state index in [4.69, 9.17) is 5.73 Å². The van der Waals surface area contributed by atoms with Gasteiger partial charge in [0.2, 0.25) is 0 Å². The van der Waals surface area contributed by atoms with E-state index in [9.17, 15) is 0 Å². The van der Waals surface area contributed by atoms with Crippen LogP contribution >= 0.6 is 0 Å². The molecule has 1 unspecified atom stereocenters. The summed E-state index contributed by atoms with van der Waals surface area (Å²) < 4.78 is 1.84. The van der Waals surface area contributed by atoms with Crippen molar-refractivity contribution in [3.63, 3.8) is 0 Å². The van der Waals surface area contributed by atoms with E-state index in [0.29, 0.717) is 18.5 Å². The van der Waals surface area contributed by atoms with Crippen LogP contribution in [0.2, 0.25) is 0 Å². The summed E-state index contributed by atoms with van der Waals surface area (Å²) in [6.45, 7) is 7.07. The third-order valence-corrected chi connectivity index (χ3v) is 3.01. The number of aryl methyl sites for hydroxylation is 1. The van der Waals surface area contributed by atoms with E-state index in [1.54, 1.807) is 6.33 Å². The van der Waals surface area contributed by atoms with Gasteiger partial charge in [-0.25, -0.2) is 4.99 Å². The lowest BCUT2D eigenvalue weighted by Gasteiger charge is -2.14. The number of aliphatic imine (C=N–C) groups is 1. The molecular weight excluding hydrogens is 240 g/mol. The third-order valence-electron chi connectivity index (χ3n) is 3.01. The van der Waals surface area contributed by atoms with Crippen LogP contribution in [0.15, 0.2) is 11.3 Å². The maximum absolute atomic E-state index is 5.85.